The van der Waals surface area contributed by atoms with E-state index in [0.29, 0.717) is 6.04 Å². The quantitative estimate of drug-likeness (QED) is 0.653. The predicted molar refractivity (Wildman–Crippen MR) is 40.7 cm³/mol. The van der Waals surface area contributed by atoms with Crippen LogP contribution in [0.15, 0.2) is 12.4 Å². The van der Waals surface area contributed by atoms with Crippen molar-refractivity contribution in [3.8, 4) is 0 Å². The highest BCUT2D eigenvalue weighted by Crippen LogP contribution is 2.08. The maximum atomic E-state index is 4.06. The van der Waals surface area contributed by atoms with Crippen molar-refractivity contribution in [2.45, 2.75) is 13.0 Å². The molecule has 1 rings (SSSR count). The number of rotatable bonds is 2. The highest BCUT2D eigenvalue weighted by Gasteiger charge is 2.02. The van der Waals surface area contributed by atoms with E-state index in [0.717, 1.165) is 0 Å². The molecule has 0 aliphatic heterocycles. The number of aryl methyl sites for hydroxylation is 1. The van der Waals surface area contributed by atoms with Crippen molar-refractivity contribution < 1.29 is 0 Å². The number of aromatic nitrogens is 2. The summed E-state index contributed by atoms with van der Waals surface area (Å²) in [5, 5.41) is 7.20. The normalized spacial score (nSPS) is 13.5. The van der Waals surface area contributed by atoms with Gasteiger partial charge >= 0.3 is 0 Å². The Morgan fingerprint density at radius 3 is 2.80 bits per heavy atom. The van der Waals surface area contributed by atoms with Crippen LogP contribution < -0.4 is 5.32 Å². The van der Waals surface area contributed by atoms with Gasteiger partial charge in [-0.1, -0.05) is 0 Å². The summed E-state index contributed by atoms with van der Waals surface area (Å²) in [6.07, 6.45) is 3.89. The van der Waals surface area contributed by atoms with Crippen LogP contribution in [0, 0.1) is 0 Å². The van der Waals surface area contributed by atoms with Gasteiger partial charge in [0.15, 0.2) is 0 Å². The van der Waals surface area contributed by atoms with Crippen molar-refractivity contribution in [3.63, 3.8) is 0 Å². The molecule has 0 saturated carbocycles. The fourth-order valence-corrected chi connectivity index (χ4v) is 0.830. The molecule has 0 fully saturated rings. The fraction of sp³-hybridized carbons (Fsp3) is 0.571. The Morgan fingerprint density at radius 2 is 2.40 bits per heavy atom. The van der Waals surface area contributed by atoms with Crippen molar-refractivity contribution in [1.82, 2.24) is 15.1 Å². The third-order valence-electron chi connectivity index (χ3n) is 1.66. The summed E-state index contributed by atoms with van der Waals surface area (Å²) >= 11 is 0. The van der Waals surface area contributed by atoms with Crippen molar-refractivity contribution in [2.24, 2.45) is 7.05 Å². The summed E-state index contributed by atoms with van der Waals surface area (Å²) in [6.45, 7) is 2.11. The molecule has 0 radical (unpaired) electrons. The Morgan fingerprint density at radius 1 is 1.70 bits per heavy atom. The molecular weight excluding hydrogens is 126 g/mol. The Kier molecular flexibility index (Phi) is 2.06. The molecule has 0 unspecified atom stereocenters. The van der Waals surface area contributed by atoms with Crippen LogP contribution in [0.4, 0.5) is 0 Å². The number of nitrogens with one attached hydrogen (secondary N) is 1. The van der Waals surface area contributed by atoms with Crippen LogP contribution in [-0.2, 0) is 7.05 Å². The highest BCUT2D eigenvalue weighted by atomic mass is 15.2. The molecule has 0 aliphatic rings. The first kappa shape index (κ1) is 7.28. The zero-order valence-corrected chi connectivity index (χ0v) is 6.63. The molecule has 0 saturated heterocycles. The van der Waals surface area contributed by atoms with Gasteiger partial charge in [0.25, 0.3) is 0 Å². The van der Waals surface area contributed by atoms with Crippen LogP contribution in [-0.4, -0.2) is 16.8 Å². The third-order valence-corrected chi connectivity index (χ3v) is 1.66. The first-order valence-electron chi connectivity index (χ1n) is 3.40. The van der Waals surface area contributed by atoms with Gasteiger partial charge in [0.2, 0.25) is 0 Å². The molecule has 0 spiro atoms. The summed E-state index contributed by atoms with van der Waals surface area (Å²) < 4.78 is 1.81. The lowest BCUT2D eigenvalue weighted by atomic mass is 10.2. The summed E-state index contributed by atoms with van der Waals surface area (Å²) in [5.41, 5.74) is 1.23. The fourth-order valence-electron chi connectivity index (χ4n) is 0.830. The Bertz CT molecular complexity index is 204. The zero-order chi connectivity index (χ0) is 7.56. The molecule has 1 atom stereocenters. The molecule has 56 valence electrons. The lowest BCUT2D eigenvalue weighted by Gasteiger charge is -2.04. The van der Waals surface area contributed by atoms with Gasteiger partial charge in [0, 0.05) is 24.8 Å². The molecule has 3 nitrogen and oxygen atoms in total. The van der Waals surface area contributed by atoms with Crippen LogP contribution in [0.5, 0.6) is 0 Å². The Labute approximate surface area is 61.0 Å². The van der Waals surface area contributed by atoms with Crippen molar-refractivity contribution >= 4 is 0 Å². The Balaban J connectivity index is 2.74. The smallest absolute Gasteiger partial charge is 0.0537 e. The standard InChI is InChI=1S/C7H13N3/c1-6(8-2)7-4-9-10(3)5-7/h4-6,8H,1-3H3/t6-/m0/s1. The van der Waals surface area contributed by atoms with Gasteiger partial charge in [-0.25, -0.2) is 0 Å². The average molecular weight is 139 g/mol. The molecule has 0 aromatic carbocycles. The average Bonchev–Trinajstić information content (AvgIpc) is 2.34. The summed E-state index contributed by atoms with van der Waals surface area (Å²) in [4.78, 5) is 0. The first-order chi connectivity index (χ1) is 4.74. The van der Waals surface area contributed by atoms with Crippen molar-refractivity contribution in [1.29, 1.82) is 0 Å². The molecule has 1 heterocycles. The maximum Gasteiger partial charge on any atom is 0.0537 e. The van der Waals surface area contributed by atoms with Crippen LogP contribution in [0.25, 0.3) is 0 Å². The van der Waals surface area contributed by atoms with Crippen LogP contribution in [0.3, 0.4) is 0 Å². The minimum Gasteiger partial charge on any atom is -0.313 e. The molecule has 1 aromatic rings. The van der Waals surface area contributed by atoms with E-state index in [2.05, 4.69) is 17.3 Å². The lowest BCUT2D eigenvalue weighted by molar-refractivity contribution is 0.651. The van der Waals surface area contributed by atoms with Crippen LogP contribution in [0.1, 0.15) is 18.5 Å². The van der Waals surface area contributed by atoms with E-state index in [9.17, 15) is 0 Å². The van der Waals surface area contributed by atoms with Gasteiger partial charge in [0.05, 0.1) is 6.20 Å². The minimum absolute atomic E-state index is 0.397. The number of nitrogens with zero attached hydrogens (tertiary/aromatic N) is 2. The first-order valence-corrected chi connectivity index (χ1v) is 3.40. The lowest BCUT2D eigenvalue weighted by Crippen LogP contribution is -2.11. The van der Waals surface area contributed by atoms with Gasteiger partial charge in [-0.3, -0.25) is 4.68 Å². The third kappa shape index (κ3) is 1.36. The van der Waals surface area contributed by atoms with Crippen molar-refractivity contribution in [3.05, 3.63) is 18.0 Å². The summed E-state index contributed by atoms with van der Waals surface area (Å²) in [6, 6.07) is 0.397. The monoisotopic (exact) mass is 139 g/mol. The van der Waals surface area contributed by atoms with Gasteiger partial charge in [-0.2, -0.15) is 5.10 Å². The van der Waals surface area contributed by atoms with E-state index < -0.39 is 0 Å². The van der Waals surface area contributed by atoms with E-state index in [1.54, 1.807) is 0 Å². The van der Waals surface area contributed by atoms with Gasteiger partial charge in [-0.15, -0.1) is 0 Å². The minimum atomic E-state index is 0.397. The van der Waals surface area contributed by atoms with E-state index >= 15 is 0 Å². The topological polar surface area (TPSA) is 29.9 Å². The van der Waals surface area contributed by atoms with Gasteiger partial charge in [-0.05, 0) is 14.0 Å². The van der Waals surface area contributed by atoms with E-state index in [1.165, 1.54) is 5.56 Å². The molecule has 0 amide bonds. The predicted octanol–water partition coefficient (Wildman–Crippen LogP) is 0.700. The van der Waals surface area contributed by atoms with Gasteiger partial charge in [0.1, 0.15) is 0 Å². The molecular formula is C7H13N3. The van der Waals surface area contributed by atoms with Gasteiger partial charge < -0.3 is 5.32 Å². The number of hydrogen-bond donors (Lipinski definition) is 1. The van der Waals surface area contributed by atoms with Crippen molar-refractivity contribution in [2.75, 3.05) is 7.05 Å². The van der Waals surface area contributed by atoms with E-state index in [-0.39, 0.29) is 0 Å². The molecule has 1 aromatic heterocycles. The maximum absolute atomic E-state index is 4.06. The highest BCUT2D eigenvalue weighted by molar-refractivity contribution is 5.08. The summed E-state index contributed by atoms with van der Waals surface area (Å²) in [7, 11) is 3.86. The van der Waals surface area contributed by atoms with E-state index in [4.69, 9.17) is 0 Å². The molecule has 10 heavy (non-hydrogen) atoms. The van der Waals surface area contributed by atoms with Crippen LogP contribution >= 0.6 is 0 Å². The molecule has 1 N–H and O–H groups in total. The second kappa shape index (κ2) is 2.84. The largest absolute Gasteiger partial charge is 0.313 e. The molecule has 0 aliphatic carbocycles. The van der Waals surface area contributed by atoms with Crippen LogP contribution in [0.2, 0.25) is 0 Å². The number of hydrogen-bond acceptors (Lipinski definition) is 2. The Hall–Kier alpha value is -0.830. The second-order valence-electron chi connectivity index (χ2n) is 2.46. The SMILES string of the molecule is CN[C@@H](C)c1cnn(C)c1. The molecule has 3 heteroatoms. The second-order valence-corrected chi connectivity index (χ2v) is 2.46. The summed E-state index contributed by atoms with van der Waals surface area (Å²) in [5.74, 6) is 0. The zero-order valence-electron chi connectivity index (χ0n) is 6.63. The van der Waals surface area contributed by atoms with E-state index in [1.807, 2.05) is 31.2 Å². The molecule has 0 bridgehead atoms.